The van der Waals surface area contributed by atoms with E-state index >= 15 is 0 Å². The Kier molecular flexibility index (Phi) is 3.00. The molecule has 0 N–H and O–H groups in total. The summed E-state index contributed by atoms with van der Waals surface area (Å²) in [5, 5.41) is 14.2. The van der Waals surface area contributed by atoms with Gasteiger partial charge in [0.05, 0.1) is 30.4 Å². The molecule has 0 aromatic carbocycles. The van der Waals surface area contributed by atoms with E-state index in [1.807, 2.05) is 11.4 Å². The highest BCUT2D eigenvalue weighted by Gasteiger charge is 2.27. The summed E-state index contributed by atoms with van der Waals surface area (Å²) < 4.78 is 6.86. The molecule has 1 aliphatic rings. The van der Waals surface area contributed by atoms with Gasteiger partial charge in [0.2, 0.25) is 5.82 Å². The van der Waals surface area contributed by atoms with Gasteiger partial charge in [-0.25, -0.2) is 9.97 Å². The summed E-state index contributed by atoms with van der Waals surface area (Å²) in [4.78, 5) is 12.4. The Balaban J connectivity index is 1.65. The molecule has 1 unspecified atom stereocenters. The fourth-order valence-electron chi connectivity index (χ4n) is 2.43. The van der Waals surface area contributed by atoms with Crippen LogP contribution in [-0.2, 0) is 11.8 Å². The van der Waals surface area contributed by atoms with E-state index < -0.39 is 0 Å². The molecule has 3 aromatic rings. The van der Waals surface area contributed by atoms with Gasteiger partial charge < -0.3 is 9.64 Å². The molecule has 1 aliphatic heterocycles. The van der Waals surface area contributed by atoms with Crippen LogP contribution in [0.5, 0.6) is 0 Å². The molecule has 9 heteroatoms. The Morgan fingerprint density at radius 2 is 2.33 bits per heavy atom. The van der Waals surface area contributed by atoms with Crippen LogP contribution >= 0.6 is 11.3 Å². The third-order valence-corrected chi connectivity index (χ3v) is 4.30. The molecular weight excluding hydrogens is 290 g/mol. The Bertz CT molecular complexity index is 770. The average Bonchev–Trinajstić information content (AvgIpc) is 3.15. The topological polar surface area (TPSA) is 81.9 Å². The zero-order valence-electron chi connectivity index (χ0n) is 11.4. The third kappa shape index (κ3) is 2.24. The molecule has 21 heavy (non-hydrogen) atoms. The fourth-order valence-corrected chi connectivity index (χ4v) is 3.29. The Labute approximate surface area is 124 Å². The van der Waals surface area contributed by atoms with Crippen molar-refractivity contribution in [2.75, 3.05) is 24.6 Å². The summed E-state index contributed by atoms with van der Waals surface area (Å²) in [6.45, 7) is 2.07. The number of rotatable bonds is 2. The van der Waals surface area contributed by atoms with Gasteiger partial charge in [0.1, 0.15) is 18.2 Å². The van der Waals surface area contributed by atoms with Gasteiger partial charge >= 0.3 is 0 Å². The lowest BCUT2D eigenvalue weighted by Gasteiger charge is -2.32. The van der Waals surface area contributed by atoms with Crippen molar-refractivity contribution in [3.05, 3.63) is 23.6 Å². The number of nitrogens with zero attached hydrogens (tertiary/aromatic N) is 7. The summed E-state index contributed by atoms with van der Waals surface area (Å²) in [5.74, 6) is 1.56. The van der Waals surface area contributed by atoms with Gasteiger partial charge in [0, 0.05) is 6.54 Å². The number of morpholine rings is 1. The van der Waals surface area contributed by atoms with E-state index in [1.54, 1.807) is 24.7 Å². The quantitative estimate of drug-likeness (QED) is 0.692. The van der Waals surface area contributed by atoms with Crippen LogP contribution in [0.15, 0.2) is 17.8 Å². The molecule has 0 spiro atoms. The SMILES string of the molecule is Cn1nnc(C2CN(c3ncnc4ccsc34)CCO2)n1. The molecular formula is C12H13N7OS. The highest BCUT2D eigenvalue weighted by Crippen LogP contribution is 2.30. The van der Waals surface area contributed by atoms with E-state index in [2.05, 4.69) is 30.3 Å². The standard InChI is InChI=1S/C12H13N7OS/c1-18-16-11(15-17-18)9-6-19(3-4-20-9)12-10-8(2-5-21-10)13-7-14-12/h2,5,7,9H,3-4,6H2,1H3. The van der Waals surface area contributed by atoms with Crippen LogP contribution in [0.3, 0.4) is 0 Å². The molecule has 3 aromatic heterocycles. The van der Waals surface area contributed by atoms with Crippen molar-refractivity contribution < 1.29 is 4.74 Å². The molecule has 4 heterocycles. The van der Waals surface area contributed by atoms with Gasteiger partial charge in [0.25, 0.3) is 0 Å². The molecule has 1 saturated heterocycles. The highest BCUT2D eigenvalue weighted by atomic mass is 32.1. The minimum absolute atomic E-state index is 0.183. The maximum atomic E-state index is 5.76. The second kappa shape index (κ2) is 5.01. The summed E-state index contributed by atoms with van der Waals surface area (Å²) in [5.41, 5.74) is 0.977. The van der Waals surface area contributed by atoms with Gasteiger partial charge in [-0.1, -0.05) is 0 Å². The summed E-state index contributed by atoms with van der Waals surface area (Å²) in [7, 11) is 1.75. The predicted octanol–water partition coefficient (Wildman–Crippen LogP) is 0.793. The van der Waals surface area contributed by atoms with E-state index in [4.69, 9.17) is 4.74 Å². The molecule has 108 valence electrons. The first-order valence-corrected chi connectivity index (χ1v) is 7.48. The van der Waals surface area contributed by atoms with E-state index in [-0.39, 0.29) is 6.10 Å². The van der Waals surface area contributed by atoms with E-state index in [0.717, 1.165) is 22.6 Å². The number of hydrogen-bond acceptors (Lipinski definition) is 8. The lowest BCUT2D eigenvalue weighted by Crippen LogP contribution is -2.39. The molecule has 1 atom stereocenters. The van der Waals surface area contributed by atoms with Crippen LogP contribution in [0.4, 0.5) is 5.82 Å². The van der Waals surface area contributed by atoms with Gasteiger partial charge in [-0.15, -0.1) is 21.5 Å². The molecule has 0 bridgehead atoms. The van der Waals surface area contributed by atoms with Crippen LogP contribution in [0, 0.1) is 0 Å². The summed E-state index contributed by atoms with van der Waals surface area (Å²) in [6, 6.07) is 2.01. The van der Waals surface area contributed by atoms with E-state index in [9.17, 15) is 0 Å². The van der Waals surface area contributed by atoms with Crippen molar-refractivity contribution >= 4 is 27.4 Å². The van der Waals surface area contributed by atoms with Gasteiger partial charge in [-0.2, -0.15) is 4.80 Å². The number of aryl methyl sites for hydroxylation is 1. The Morgan fingerprint density at radius 1 is 1.38 bits per heavy atom. The summed E-state index contributed by atoms with van der Waals surface area (Å²) in [6.07, 6.45) is 1.42. The largest absolute Gasteiger partial charge is 0.366 e. The maximum Gasteiger partial charge on any atom is 0.205 e. The maximum absolute atomic E-state index is 5.76. The average molecular weight is 303 g/mol. The number of hydrogen-bond donors (Lipinski definition) is 0. The molecule has 0 amide bonds. The third-order valence-electron chi connectivity index (χ3n) is 3.40. The van der Waals surface area contributed by atoms with Crippen molar-refractivity contribution in [2.24, 2.45) is 7.05 Å². The van der Waals surface area contributed by atoms with Crippen molar-refractivity contribution in [1.82, 2.24) is 30.2 Å². The number of ether oxygens (including phenoxy) is 1. The number of thiophene rings is 1. The van der Waals surface area contributed by atoms with Crippen molar-refractivity contribution in [3.8, 4) is 0 Å². The van der Waals surface area contributed by atoms with E-state index in [0.29, 0.717) is 19.0 Å². The van der Waals surface area contributed by atoms with Gasteiger partial charge in [-0.3, -0.25) is 0 Å². The van der Waals surface area contributed by atoms with E-state index in [1.165, 1.54) is 4.80 Å². The first-order valence-electron chi connectivity index (χ1n) is 6.60. The number of tetrazole rings is 1. The lowest BCUT2D eigenvalue weighted by atomic mass is 10.2. The van der Waals surface area contributed by atoms with Gasteiger partial charge in [0.15, 0.2) is 0 Å². The first kappa shape index (κ1) is 12.6. The fraction of sp³-hybridized carbons (Fsp3) is 0.417. The molecule has 0 aliphatic carbocycles. The van der Waals surface area contributed by atoms with Crippen LogP contribution < -0.4 is 4.90 Å². The first-order chi connectivity index (χ1) is 10.3. The molecule has 4 rings (SSSR count). The van der Waals surface area contributed by atoms with Crippen LogP contribution in [0.2, 0.25) is 0 Å². The number of anilines is 1. The lowest BCUT2D eigenvalue weighted by molar-refractivity contribution is 0.0337. The normalized spacial score (nSPS) is 19.3. The molecule has 8 nitrogen and oxygen atoms in total. The number of aromatic nitrogens is 6. The molecule has 0 radical (unpaired) electrons. The summed E-state index contributed by atoms with van der Waals surface area (Å²) >= 11 is 1.65. The van der Waals surface area contributed by atoms with Crippen LogP contribution in [0.25, 0.3) is 10.2 Å². The van der Waals surface area contributed by atoms with Crippen LogP contribution in [0.1, 0.15) is 11.9 Å². The Hall–Kier alpha value is -2.13. The Morgan fingerprint density at radius 3 is 3.19 bits per heavy atom. The van der Waals surface area contributed by atoms with Crippen molar-refractivity contribution in [3.63, 3.8) is 0 Å². The second-order valence-electron chi connectivity index (χ2n) is 4.77. The van der Waals surface area contributed by atoms with Crippen molar-refractivity contribution in [2.45, 2.75) is 6.10 Å². The highest BCUT2D eigenvalue weighted by molar-refractivity contribution is 7.17. The van der Waals surface area contributed by atoms with Crippen molar-refractivity contribution in [1.29, 1.82) is 0 Å². The van der Waals surface area contributed by atoms with Gasteiger partial charge in [-0.05, 0) is 16.7 Å². The van der Waals surface area contributed by atoms with Crippen LogP contribution in [-0.4, -0.2) is 49.9 Å². The minimum Gasteiger partial charge on any atom is -0.366 e. The predicted molar refractivity (Wildman–Crippen MR) is 77.1 cm³/mol. The minimum atomic E-state index is -0.183. The molecule has 0 saturated carbocycles. The monoisotopic (exact) mass is 303 g/mol. The smallest absolute Gasteiger partial charge is 0.205 e. The second-order valence-corrected chi connectivity index (χ2v) is 5.69. The zero-order chi connectivity index (χ0) is 14.2. The number of fused-ring (bicyclic) bond motifs is 1. The molecule has 1 fully saturated rings. The zero-order valence-corrected chi connectivity index (χ0v) is 12.2.